The van der Waals surface area contributed by atoms with Gasteiger partial charge in [0.2, 0.25) is 0 Å². The monoisotopic (exact) mass is 302 g/mol. The van der Waals surface area contributed by atoms with E-state index < -0.39 is 0 Å². The molecule has 0 radical (unpaired) electrons. The molecule has 1 aliphatic rings. The summed E-state index contributed by atoms with van der Waals surface area (Å²) in [6.07, 6.45) is 6.04. The molecule has 116 valence electrons. The van der Waals surface area contributed by atoms with Crippen molar-refractivity contribution in [1.82, 2.24) is 4.98 Å². The van der Waals surface area contributed by atoms with Gasteiger partial charge < -0.3 is 5.32 Å². The molecule has 0 aliphatic heterocycles. The highest BCUT2D eigenvalue weighted by Gasteiger charge is 2.17. The number of nitrogens with one attached hydrogen (secondary N) is 1. The summed E-state index contributed by atoms with van der Waals surface area (Å²) in [5.74, 6) is 0. The molecule has 3 aromatic rings. The van der Waals surface area contributed by atoms with Crippen LogP contribution >= 0.6 is 0 Å². The molecular formula is C21H22N2. The molecule has 0 bridgehead atoms. The Morgan fingerprint density at radius 1 is 0.870 bits per heavy atom. The maximum absolute atomic E-state index is 4.95. The van der Waals surface area contributed by atoms with Crippen LogP contribution in [0.4, 0.5) is 11.4 Å². The summed E-state index contributed by atoms with van der Waals surface area (Å²) in [7, 11) is 0. The zero-order valence-electron chi connectivity index (χ0n) is 13.6. The number of aryl methyl sites for hydroxylation is 2. The largest absolute Gasteiger partial charge is 0.355 e. The van der Waals surface area contributed by atoms with E-state index in [0.717, 1.165) is 24.0 Å². The lowest BCUT2D eigenvalue weighted by Crippen LogP contribution is -2.03. The Morgan fingerprint density at radius 3 is 2.52 bits per heavy atom. The Morgan fingerprint density at radius 2 is 1.65 bits per heavy atom. The van der Waals surface area contributed by atoms with Crippen molar-refractivity contribution < 1.29 is 0 Å². The van der Waals surface area contributed by atoms with Gasteiger partial charge in [-0.3, -0.25) is 4.98 Å². The minimum Gasteiger partial charge on any atom is -0.355 e. The molecule has 0 spiro atoms. The lowest BCUT2D eigenvalue weighted by molar-refractivity contribution is 0.709. The average Bonchev–Trinajstić information content (AvgIpc) is 2.82. The molecule has 0 fully saturated rings. The van der Waals surface area contributed by atoms with Crippen molar-refractivity contribution in [2.75, 3.05) is 5.32 Å². The number of anilines is 2. The highest BCUT2D eigenvalue weighted by Crippen LogP contribution is 2.34. The normalized spacial score (nSPS) is 14.3. The van der Waals surface area contributed by atoms with Gasteiger partial charge in [-0.1, -0.05) is 42.3 Å². The number of aromatic nitrogens is 1. The molecule has 1 heterocycles. The summed E-state index contributed by atoms with van der Waals surface area (Å²) < 4.78 is 0. The maximum Gasteiger partial charge on any atom is 0.0726 e. The van der Waals surface area contributed by atoms with Crippen LogP contribution in [-0.2, 0) is 12.8 Å². The Kier molecular flexibility index (Phi) is 3.74. The molecule has 0 saturated carbocycles. The van der Waals surface area contributed by atoms with E-state index in [4.69, 9.17) is 4.98 Å². The number of fused-ring (bicyclic) bond motifs is 2. The van der Waals surface area contributed by atoms with Crippen LogP contribution in [0.15, 0.2) is 48.5 Å². The van der Waals surface area contributed by atoms with Crippen molar-refractivity contribution in [3.8, 4) is 0 Å². The SMILES string of the molecule is Cc1ccc(Nc2c3c(nc4ccccc24)CCCCC3)cc1. The van der Waals surface area contributed by atoms with Crippen LogP contribution in [0.3, 0.4) is 0 Å². The number of nitrogens with zero attached hydrogens (tertiary/aromatic N) is 1. The molecule has 2 nitrogen and oxygen atoms in total. The van der Waals surface area contributed by atoms with Crippen molar-refractivity contribution in [3.63, 3.8) is 0 Å². The van der Waals surface area contributed by atoms with E-state index in [0.29, 0.717) is 0 Å². The Balaban J connectivity index is 1.88. The fourth-order valence-electron chi connectivity index (χ4n) is 3.47. The highest BCUT2D eigenvalue weighted by molar-refractivity contribution is 5.95. The standard InChI is InChI=1S/C21H22N2/c1-15-11-13-16(14-12-15)22-21-17-7-3-2-4-9-19(17)23-20-10-6-5-8-18(20)21/h5-6,8,10-14H,2-4,7,9H2,1H3,(H,22,23). The van der Waals surface area contributed by atoms with Gasteiger partial charge in [0.25, 0.3) is 0 Å². The minimum absolute atomic E-state index is 1.10. The van der Waals surface area contributed by atoms with Gasteiger partial charge in [0.05, 0.1) is 11.2 Å². The topological polar surface area (TPSA) is 24.9 Å². The summed E-state index contributed by atoms with van der Waals surface area (Å²) in [6.45, 7) is 2.12. The van der Waals surface area contributed by atoms with Gasteiger partial charge in [-0.25, -0.2) is 0 Å². The summed E-state index contributed by atoms with van der Waals surface area (Å²) in [4.78, 5) is 4.95. The first kappa shape index (κ1) is 14.3. The first-order chi connectivity index (χ1) is 11.3. The van der Waals surface area contributed by atoms with E-state index in [-0.39, 0.29) is 0 Å². The number of rotatable bonds is 2. The van der Waals surface area contributed by atoms with Gasteiger partial charge >= 0.3 is 0 Å². The Labute approximate surface area is 137 Å². The van der Waals surface area contributed by atoms with Crippen LogP contribution in [0.25, 0.3) is 10.9 Å². The molecule has 1 N–H and O–H groups in total. The van der Waals surface area contributed by atoms with Gasteiger partial charge in [-0.05, 0) is 56.4 Å². The second kappa shape index (κ2) is 6.04. The third-order valence-electron chi connectivity index (χ3n) is 4.74. The molecule has 0 saturated heterocycles. The van der Waals surface area contributed by atoms with Gasteiger partial charge in [0, 0.05) is 16.8 Å². The quantitative estimate of drug-likeness (QED) is 0.627. The lowest BCUT2D eigenvalue weighted by Gasteiger charge is -2.17. The molecule has 23 heavy (non-hydrogen) atoms. The molecule has 2 aromatic carbocycles. The molecule has 4 rings (SSSR count). The fraction of sp³-hybridized carbons (Fsp3) is 0.286. The first-order valence-electron chi connectivity index (χ1n) is 8.55. The molecular weight excluding hydrogens is 280 g/mol. The minimum atomic E-state index is 1.10. The molecule has 2 heteroatoms. The maximum atomic E-state index is 4.95. The van der Waals surface area contributed by atoms with Crippen molar-refractivity contribution in [2.24, 2.45) is 0 Å². The first-order valence-corrected chi connectivity index (χ1v) is 8.55. The Hall–Kier alpha value is -2.35. The van der Waals surface area contributed by atoms with Crippen molar-refractivity contribution in [3.05, 3.63) is 65.4 Å². The Bertz CT molecular complexity index is 834. The van der Waals surface area contributed by atoms with E-state index in [9.17, 15) is 0 Å². The van der Waals surface area contributed by atoms with E-state index in [1.54, 1.807) is 0 Å². The number of benzene rings is 2. The smallest absolute Gasteiger partial charge is 0.0726 e. The number of hydrogen-bond acceptors (Lipinski definition) is 2. The van der Waals surface area contributed by atoms with Crippen LogP contribution in [0.2, 0.25) is 0 Å². The lowest BCUT2D eigenvalue weighted by atomic mass is 10.0. The zero-order valence-corrected chi connectivity index (χ0v) is 13.6. The molecule has 0 atom stereocenters. The summed E-state index contributed by atoms with van der Waals surface area (Å²) in [6, 6.07) is 17.1. The average molecular weight is 302 g/mol. The highest BCUT2D eigenvalue weighted by atomic mass is 14.9. The number of hydrogen-bond donors (Lipinski definition) is 1. The fourth-order valence-corrected chi connectivity index (χ4v) is 3.47. The van der Waals surface area contributed by atoms with Crippen LogP contribution in [-0.4, -0.2) is 4.98 Å². The van der Waals surface area contributed by atoms with E-state index in [2.05, 4.69) is 60.8 Å². The summed E-state index contributed by atoms with van der Waals surface area (Å²) in [5.41, 5.74) is 7.50. The van der Waals surface area contributed by atoms with Crippen LogP contribution in [0, 0.1) is 6.92 Å². The van der Waals surface area contributed by atoms with E-state index >= 15 is 0 Å². The van der Waals surface area contributed by atoms with Crippen molar-refractivity contribution >= 4 is 22.3 Å². The zero-order chi connectivity index (χ0) is 15.6. The molecule has 0 unspecified atom stereocenters. The van der Waals surface area contributed by atoms with E-state index in [1.807, 2.05) is 0 Å². The van der Waals surface area contributed by atoms with Gasteiger partial charge in [-0.15, -0.1) is 0 Å². The number of para-hydroxylation sites is 1. The van der Waals surface area contributed by atoms with Crippen LogP contribution < -0.4 is 5.32 Å². The van der Waals surface area contributed by atoms with Gasteiger partial charge in [0.1, 0.15) is 0 Å². The molecule has 1 aromatic heterocycles. The predicted molar refractivity (Wildman–Crippen MR) is 97.5 cm³/mol. The molecule has 1 aliphatic carbocycles. The molecule has 0 amide bonds. The number of pyridine rings is 1. The van der Waals surface area contributed by atoms with E-state index in [1.165, 1.54) is 47.2 Å². The van der Waals surface area contributed by atoms with Crippen LogP contribution in [0.5, 0.6) is 0 Å². The van der Waals surface area contributed by atoms with Gasteiger partial charge in [0.15, 0.2) is 0 Å². The predicted octanol–water partition coefficient (Wildman–Crippen LogP) is 5.56. The van der Waals surface area contributed by atoms with Crippen molar-refractivity contribution in [1.29, 1.82) is 0 Å². The van der Waals surface area contributed by atoms with Gasteiger partial charge in [-0.2, -0.15) is 0 Å². The third-order valence-corrected chi connectivity index (χ3v) is 4.74. The van der Waals surface area contributed by atoms with Crippen LogP contribution in [0.1, 0.15) is 36.1 Å². The second-order valence-corrected chi connectivity index (χ2v) is 6.48. The summed E-state index contributed by atoms with van der Waals surface area (Å²) >= 11 is 0. The van der Waals surface area contributed by atoms with Crippen molar-refractivity contribution in [2.45, 2.75) is 39.0 Å². The summed E-state index contributed by atoms with van der Waals surface area (Å²) in [5, 5.41) is 4.92. The third kappa shape index (κ3) is 2.81. The second-order valence-electron chi connectivity index (χ2n) is 6.48.